The zero-order valence-corrected chi connectivity index (χ0v) is 13.0. The van der Waals surface area contributed by atoms with Gasteiger partial charge in [0.15, 0.2) is 0 Å². The van der Waals surface area contributed by atoms with Crippen LogP contribution in [0, 0.1) is 5.92 Å². The average Bonchev–Trinajstić information content (AvgIpc) is 2.96. The molecule has 6 heteroatoms. The van der Waals surface area contributed by atoms with Crippen LogP contribution >= 0.6 is 11.6 Å². The first-order chi connectivity index (χ1) is 10.6. The first-order valence-electron chi connectivity index (χ1n) is 7.62. The van der Waals surface area contributed by atoms with Crippen molar-refractivity contribution in [2.45, 2.75) is 31.6 Å². The van der Waals surface area contributed by atoms with Gasteiger partial charge >= 0.3 is 5.97 Å². The van der Waals surface area contributed by atoms with Gasteiger partial charge in [-0.1, -0.05) is 17.7 Å². The van der Waals surface area contributed by atoms with Crippen molar-refractivity contribution in [2.75, 3.05) is 19.7 Å². The Hall–Kier alpha value is -1.30. The molecule has 22 heavy (non-hydrogen) atoms. The van der Waals surface area contributed by atoms with Gasteiger partial charge in [0.25, 0.3) is 0 Å². The summed E-state index contributed by atoms with van der Waals surface area (Å²) in [4.78, 5) is 13.3. The van der Waals surface area contributed by atoms with Crippen molar-refractivity contribution in [3.63, 3.8) is 0 Å². The van der Waals surface area contributed by atoms with Crippen LogP contribution in [-0.2, 0) is 9.53 Å². The number of halogens is 1. The molecule has 0 radical (unpaired) electrons. The zero-order chi connectivity index (χ0) is 15.5. The number of ether oxygens (including phenoxy) is 2. The second-order valence-electron chi connectivity index (χ2n) is 5.87. The maximum absolute atomic E-state index is 11.1. The van der Waals surface area contributed by atoms with Crippen molar-refractivity contribution in [1.82, 2.24) is 4.90 Å². The first-order valence-corrected chi connectivity index (χ1v) is 8.00. The molecule has 3 atom stereocenters. The Bertz CT molecular complexity index is 539. The van der Waals surface area contributed by atoms with Gasteiger partial charge in [-0.25, -0.2) is 0 Å². The summed E-state index contributed by atoms with van der Waals surface area (Å²) in [7, 11) is 0. The lowest BCUT2D eigenvalue weighted by Gasteiger charge is -2.33. The van der Waals surface area contributed by atoms with Crippen molar-refractivity contribution in [3.8, 4) is 5.75 Å². The van der Waals surface area contributed by atoms with E-state index in [-0.39, 0.29) is 18.2 Å². The Morgan fingerprint density at radius 3 is 3.05 bits per heavy atom. The summed E-state index contributed by atoms with van der Waals surface area (Å²) in [5, 5.41) is 9.82. The number of rotatable bonds is 4. The summed E-state index contributed by atoms with van der Waals surface area (Å²) >= 11 is 5.96. The molecule has 0 amide bonds. The van der Waals surface area contributed by atoms with Gasteiger partial charge in [-0.3, -0.25) is 9.69 Å². The van der Waals surface area contributed by atoms with Crippen molar-refractivity contribution in [2.24, 2.45) is 5.92 Å². The third-order valence-electron chi connectivity index (χ3n) is 4.29. The number of hydrogen-bond acceptors (Lipinski definition) is 4. The minimum atomic E-state index is -0.723. The maximum Gasteiger partial charge on any atom is 0.306 e. The van der Waals surface area contributed by atoms with Crippen LogP contribution in [0.25, 0.3) is 0 Å². The molecular weight excluding hydrogens is 306 g/mol. The summed E-state index contributed by atoms with van der Waals surface area (Å²) in [6.45, 7) is 2.13. The van der Waals surface area contributed by atoms with E-state index >= 15 is 0 Å². The van der Waals surface area contributed by atoms with Crippen LogP contribution in [0.15, 0.2) is 24.3 Å². The van der Waals surface area contributed by atoms with Crippen molar-refractivity contribution in [3.05, 3.63) is 29.3 Å². The normalized spacial score (nSPS) is 29.4. The average molecular weight is 326 g/mol. The van der Waals surface area contributed by atoms with Gasteiger partial charge in [-0.05, 0) is 31.0 Å². The lowest BCUT2D eigenvalue weighted by atomic mass is 9.98. The molecule has 0 aromatic heterocycles. The lowest BCUT2D eigenvalue weighted by Crippen LogP contribution is -2.42. The fourth-order valence-corrected chi connectivity index (χ4v) is 3.28. The summed E-state index contributed by atoms with van der Waals surface area (Å²) in [5.41, 5.74) is 0. The van der Waals surface area contributed by atoms with E-state index < -0.39 is 5.97 Å². The van der Waals surface area contributed by atoms with Crippen LogP contribution < -0.4 is 4.74 Å². The Labute approximate surface area is 134 Å². The van der Waals surface area contributed by atoms with Gasteiger partial charge < -0.3 is 14.6 Å². The number of benzene rings is 1. The van der Waals surface area contributed by atoms with Crippen molar-refractivity contribution in [1.29, 1.82) is 0 Å². The molecule has 5 nitrogen and oxygen atoms in total. The molecule has 0 spiro atoms. The highest BCUT2D eigenvalue weighted by Gasteiger charge is 2.35. The van der Waals surface area contributed by atoms with Crippen LogP contribution in [0.1, 0.15) is 19.3 Å². The molecule has 1 N–H and O–H groups in total. The molecule has 3 rings (SSSR count). The molecule has 0 saturated carbocycles. The summed E-state index contributed by atoms with van der Waals surface area (Å²) in [5.74, 6) is -0.252. The molecule has 0 aliphatic carbocycles. The second-order valence-corrected chi connectivity index (χ2v) is 6.30. The highest BCUT2D eigenvalue weighted by atomic mass is 35.5. The fourth-order valence-electron chi connectivity index (χ4n) is 3.10. The minimum absolute atomic E-state index is 0.0901. The predicted octanol–water partition coefficient (Wildman–Crippen LogP) is 2.63. The van der Waals surface area contributed by atoms with E-state index in [1.807, 2.05) is 24.3 Å². The molecule has 1 aromatic carbocycles. The Balaban J connectivity index is 1.54. The largest absolute Gasteiger partial charge is 0.489 e. The van der Waals surface area contributed by atoms with E-state index in [0.717, 1.165) is 25.3 Å². The number of carbonyl (C=O) groups is 1. The third-order valence-corrected chi connectivity index (χ3v) is 4.53. The van der Waals surface area contributed by atoms with Crippen LogP contribution in [0.5, 0.6) is 5.75 Å². The number of hydrogen-bond donors (Lipinski definition) is 1. The van der Waals surface area contributed by atoms with E-state index in [2.05, 4.69) is 4.90 Å². The van der Waals surface area contributed by atoms with E-state index in [4.69, 9.17) is 26.2 Å². The molecule has 2 saturated heterocycles. The molecular formula is C16H20ClNO4. The number of carboxylic acid groups (broad SMARTS) is 1. The molecule has 2 aliphatic rings. The van der Waals surface area contributed by atoms with Gasteiger partial charge in [0.05, 0.1) is 5.92 Å². The molecule has 2 unspecified atom stereocenters. The second kappa shape index (κ2) is 6.86. The molecule has 2 fully saturated rings. The summed E-state index contributed by atoms with van der Waals surface area (Å²) in [6, 6.07) is 7.39. The van der Waals surface area contributed by atoms with E-state index in [1.165, 1.54) is 0 Å². The lowest BCUT2D eigenvalue weighted by molar-refractivity contribution is -0.153. The number of carboxylic acids is 1. The van der Waals surface area contributed by atoms with Gasteiger partial charge in [0.1, 0.15) is 18.1 Å². The van der Waals surface area contributed by atoms with Crippen molar-refractivity contribution >= 4 is 17.6 Å². The van der Waals surface area contributed by atoms with Crippen LogP contribution in [0.3, 0.4) is 0 Å². The monoisotopic (exact) mass is 325 g/mol. The highest BCUT2D eigenvalue weighted by Crippen LogP contribution is 2.27. The SMILES string of the molecule is O=C(O)C1CCOC(N2CC[C@H](Oc3cccc(Cl)c3)C2)C1. The topological polar surface area (TPSA) is 59.0 Å². The molecule has 2 aliphatic heterocycles. The van der Waals surface area contributed by atoms with Gasteiger partial charge in [0, 0.05) is 31.1 Å². The predicted molar refractivity (Wildman–Crippen MR) is 82.2 cm³/mol. The van der Waals surface area contributed by atoms with Gasteiger partial charge in [0.2, 0.25) is 0 Å². The maximum atomic E-state index is 11.1. The number of nitrogens with zero attached hydrogens (tertiary/aromatic N) is 1. The molecule has 1 aromatic rings. The zero-order valence-electron chi connectivity index (χ0n) is 12.3. The summed E-state index contributed by atoms with van der Waals surface area (Å²) in [6.07, 6.45) is 2.04. The fraction of sp³-hybridized carbons (Fsp3) is 0.562. The number of aliphatic carboxylic acids is 1. The van der Waals surface area contributed by atoms with Gasteiger partial charge in [-0.2, -0.15) is 0 Å². The highest BCUT2D eigenvalue weighted by molar-refractivity contribution is 6.30. The van der Waals surface area contributed by atoms with Crippen LogP contribution in [0.2, 0.25) is 5.02 Å². The molecule has 2 heterocycles. The quantitative estimate of drug-likeness (QED) is 0.922. The Morgan fingerprint density at radius 2 is 2.27 bits per heavy atom. The number of likely N-dealkylation sites (tertiary alicyclic amines) is 1. The van der Waals surface area contributed by atoms with E-state index in [9.17, 15) is 4.79 Å². The first kappa shape index (κ1) is 15.6. The standard InChI is InChI=1S/C16H20ClNO4/c17-12-2-1-3-13(9-12)22-14-4-6-18(10-14)15-8-11(16(19)20)5-7-21-15/h1-3,9,11,14-15H,4-8,10H2,(H,19,20)/t11?,14-,15?/m0/s1. The van der Waals surface area contributed by atoms with Crippen molar-refractivity contribution < 1.29 is 19.4 Å². The van der Waals surface area contributed by atoms with Crippen LogP contribution in [-0.4, -0.2) is 48.0 Å². The minimum Gasteiger partial charge on any atom is -0.489 e. The third kappa shape index (κ3) is 3.72. The van der Waals surface area contributed by atoms with Gasteiger partial charge in [-0.15, -0.1) is 0 Å². The Kier molecular flexibility index (Phi) is 4.86. The van der Waals surface area contributed by atoms with E-state index in [1.54, 1.807) is 0 Å². The summed E-state index contributed by atoms with van der Waals surface area (Å²) < 4.78 is 11.7. The molecule has 120 valence electrons. The smallest absolute Gasteiger partial charge is 0.306 e. The molecule has 0 bridgehead atoms. The van der Waals surface area contributed by atoms with Crippen LogP contribution in [0.4, 0.5) is 0 Å². The van der Waals surface area contributed by atoms with E-state index in [0.29, 0.717) is 24.5 Å². The Morgan fingerprint density at radius 1 is 1.41 bits per heavy atom.